The van der Waals surface area contributed by atoms with Crippen molar-refractivity contribution in [2.75, 3.05) is 5.32 Å². The number of nitrogens with zero attached hydrogens (tertiary/aromatic N) is 4. The molecule has 0 spiro atoms. The molecule has 0 radical (unpaired) electrons. The Bertz CT molecular complexity index is 969. The standard InChI is InChI=1S/C18H19N5O2/c24-16-11-20-22(15-8-4-3-7-14(15)16)12-18(25)21-17-9-10-19-23(17)13-5-1-2-6-13/h3-4,7-11,13H,1-2,5-6,12H2,(H,21,25). The molecule has 128 valence electrons. The largest absolute Gasteiger partial charge is 0.309 e. The minimum Gasteiger partial charge on any atom is -0.309 e. The highest BCUT2D eigenvalue weighted by atomic mass is 16.2. The van der Waals surface area contributed by atoms with E-state index in [0.29, 0.717) is 22.8 Å². The van der Waals surface area contributed by atoms with Crippen molar-refractivity contribution < 1.29 is 4.79 Å². The lowest BCUT2D eigenvalue weighted by Crippen LogP contribution is -2.24. The van der Waals surface area contributed by atoms with Gasteiger partial charge in [0, 0.05) is 11.5 Å². The lowest BCUT2D eigenvalue weighted by Gasteiger charge is -2.15. The highest BCUT2D eigenvalue weighted by Gasteiger charge is 2.20. The quantitative estimate of drug-likeness (QED) is 0.792. The molecular formula is C18H19N5O2. The van der Waals surface area contributed by atoms with Gasteiger partial charge in [0.1, 0.15) is 12.4 Å². The molecule has 4 rings (SSSR count). The van der Waals surface area contributed by atoms with Crippen molar-refractivity contribution in [1.82, 2.24) is 19.6 Å². The van der Waals surface area contributed by atoms with Gasteiger partial charge in [-0.25, -0.2) is 4.68 Å². The third-order valence-corrected chi connectivity index (χ3v) is 4.66. The first-order valence-electron chi connectivity index (χ1n) is 8.50. The Morgan fingerprint density at radius 3 is 2.80 bits per heavy atom. The number of nitrogens with one attached hydrogen (secondary N) is 1. The maximum atomic E-state index is 12.5. The summed E-state index contributed by atoms with van der Waals surface area (Å²) in [5.41, 5.74) is 0.501. The number of carbonyl (C=O) groups is 1. The minimum atomic E-state index is -0.193. The first-order chi connectivity index (χ1) is 12.2. The van der Waals surface area contributed by atoms with Crippen molar-refractivity contribution in [2.24, 2.45) is 0 Å². The number of anilines is 1. The molecule has 1 saturated carbocycles. The molecule has 7 heteroatoms. The molecular weight excluding hydrogens is 318 g/mol. The van der Waals surface area contributed by atoms with E-state index in [1.54, 1.807) is 29.1 Å². The van der Waals surface area contributed by atoms with Crippen LogP contribution in [0.4, 0.5) is 5.82 Å². The lowest BCUT2D eigenvalue weighted by molar-refractivity contribution is -0.116. The minimum absolute atomic E-state index is 0.0383. The Morgan fingerprint density at radius 1 is 1.16 bits per heavy atom. The number of para-hydroxylation sites is 1. The Hall–Kier alpha value is -2.96. The molecule has 0 saturated heterocycles. The zero-order chi connectivity index (χ0) is 17.2. The first-order valence-corrected chi connectivity index (χ1v) is 8.50. The van der Waals surface area contributed by atoms with Crippen molar-refractivity contribution in [1.29, 1.82) is 0 Å². The molecule has 1 fully saturated rings. The summed E-state index contributed by atoms with van der Waals surface area (Å²) in [6, 6.07) is 9.33. The topological polar surface area (TPSA) is 81.8 Å². The van der Waals surface area contributed by atoms with Gasteiger partial charge < -0.3 is 5.32 Å². The van der Waals surface area contributed by atoms with Crippen LogP contribution in [0, 0.1) is 0 Å². The zero-order valence-corrected chi connectivity index (χ0v) is 13.8. The van der Waals surface area contributed by atoms with Crippen molar-refractivity contribution in [3.8, 4) is 0 Å². The summed E-state index contributed by atoms with van der Waals surface area (Å²) < 4.78 is 3.45. The predicted octanol–water partition coefficient (Wildman–Crippen LogP) is 2.35. The molecule has 0 bridgehead atoms. The van der Waals surface area contributed by atoms with Crippen LogP contribution in [0.3, 0.4) is 0 Å². The van der Waals surface area contributed by atoms with E-state index < -0.39 is 0 Å². The number of rotatable bonds is 4. The van der Waals surface area contributed by atoms with Crippen molar-refractivity contribution in [3.63, 3.8) is 0 Å². The average Bonchev–Trinajstić information content (AvgIpc) is 3.29. The van der Waals surface area contributed by atoms with Crippen LogP contribution in [0.2, 0.25) is 0 Å². The van der Waals surface area contributed by atoms with E-state index in [9.17, 15) is 9.59 Å². The fraction of sp³-hybridized carbons (Fsp3) is 0.333. The van der Waals surface area contributed by atoms with Gasteiger partial charge in [0.2, 0.25) is 11.3 Å². The molecule has 25 heavy (non-hydrogen) atoms. The Labute approximate surface area is 144 Å². The first kappa shape index (κ1) is 15.6. The highest BCUT2D eigenvalue weighted by Crippen LogP contribution is 2.31. The molecule has 1 aliphatic carbocycles. The van der Waals surface area contributed by atoms with E-state index in [2.05, 4.69) is 15.5 Å². The van der Waals surface area contributed by atoms with E-state index in [4.69, 9.17) is 0 Å². The maximum absolute atomic E-state index is 12.5. The number of amides is 1. The fourth-order valence-electron chi connectivity index (χ4n) is 3.46. The van der Waals surface area contributed by atoms with Gasteiger partial charge >= 0.3 is 0 Å². The van der Waals surface area contributed by atoms with Gasteiger partial charge in [-0.1, -0.05) is 25.0 Å². The maximum Gasteiger partial charge on any atom is 0.247 e. The number of hydrogen-bond acceptors (Lipinski definition) is 4. The number of fused-ring (bicyclic) bond motifs is 1. The van der Waals surface area contributed by atoms with Crippen molar-refractivity contribution >= 4 is 22.6 Å². The van der Waals surface area contributed by atoms with E-state index >= 15 is 0 Å². The van der Waals surface area contributed by atoms with Gasteiger partial charge in [0.05, 0.1) is 24.0 Å². The summed E-state index contributed by atoms with van der Waals surface area (Å²) in [5, 5.41) is 11.9. The fourth-order valence-corrected chi connectivity index (χ4v) is 3.46. The van der Waals surface area contributed by atoms with Crippen molar-refractivity contribution in [3.05, 3.63) is 52.9 Å². The molecule has 1 N–H and O–H groups in total. The number of carbonyl (C=O) groups excluding carboxylic acids is 1. The Kier molecular flexibility index (Phi) is 4.05. The van der Waals surface area contributed by atoms with E-state index in [0.717, 1.165) is 12.8 Å². The summed E-state index contributed by atoms with van der Waals surface area (Å²) in [6.07, 6.45) is 7.54. The van der Waals surface area contributed by atoms with Crippen LogP contribution in [0.25, 0.3) is 10.9 Å². The van der Waals surface area contributed by atoms with E-state index in [-0.39, 0.29) is 17.9 Å². The SMILES string of the molecule is O=C(Cn1ncc(=O)c2ccccc21)Nc1ccnn1C1CCCC1. The monoisotopic (exact) mass is 337 g/mol. The second kappa shape index (κ2) is 6.51. The van der Waals surface area contributed by atoms with Crippen LogP contribution in [0.15, 0.2) is 47.5 Å². The second-order valence-electron chi connectivity index (χ2n) is 6.33. The molecule has 7 nitrogen and oxygen atoms in total. The Morgan fingerprint density at radius 2 is 1.96 bits per heavy atom. The van der Waals surface area contributed by atoms with Crippen LogP contribution < -0.4 is 10.7 Å². The summed E-state index contributed by atoms with van der Waals surface area (Å²) in [5.74, 6) is 0.517. The smallest absolute Gasteiger partial charge is 0.247 e. The number of benzene rings is 1. The van der Waals surface area contributed by atoms with Crippen molar-refractivity contribution in [2.45, 2.75) is 38.3 Å². The second-order valence-corrected chi connectivity index (χ2v) is 6.33. The highest BCUT2D eigenvalue weighted by molar-refractivity contribution is 5.90. The summed E-state index contributed by atoms with van der Waals surface area (Å²) >= 11 is 0. The molecule has 0 unspecified atom stereocenters. The molecule has 2 heterocycles. The van der Waals surface area contributed by atoms with Gasteiger partial charge in [0.25, 0.3) is 0 Å². The van der Waals surface area contributed by atoms with Gasteiger partial charge in [-0.2, -0.15) is 10.2 Å². The van der Waals surface area contributed by atoms with Crippen LogP contribution in [0.5, 0.6) is 0 Å². The molecule has 1 amide bonds. The zero-order valence-electron chi connectivity index (χ0n) is 13.8. The summed E-state index contributed by atoms with van der Waals surface area (Å²) in [4.78, 5) is 24.4. The van der Waals surface area contributed by atoms with Gasteiger partial charge in [-0.15, -0.1) is 0 Å². The normalized spacial score (nSPS) is 14.9. The molecule has 0 aliphatic heterocycles. The number of aromatic nitrogens is 4. The van der Waals surface area contributed by atoms with Crippen LogP contribution >= 0.6 is 0 Å². The lowest BCUT2D eigenvalue weighted by atomic mass is 10.2. The van der Waals surface area contributed by atoms with Gasteiger partial charge in [0.15, 0.2) is 0 Å². The van der Waals surface area contributed by atoms with Crippen LogP contribution in [0.1, 0.15) is 31.7 Å². The average molecular weight is 337 g/mol. The van der Waals surface area contributed by atoms with Crippen LogP contribution in [-0.2, 0) is 11.3 Å². The molecule has 1 aromatic carbocycles. The molecule has 1 aliphatic rings. The third kappa shape index (κ3) is 3.05. The molecule has 3 aromatic rings. The number of hydrogen-bond donors (Lipinski definition) is 1. The third-order valence-electron chi connectivity index (χ3n) is 4.66. The molecule has 0 atom stereocenters. The summed E-state index contributed by atoms with van der Waals surface area (Å²) in [7, 11) is 0. The molecule has 2 aromatic heterocycles. The Balaban J connectivity index is 1.55. The van der Waals surface area contributed by atoms with E-state index in [1.165, 1.54) is 19.0 Å². The summed E-state index contributed by atoms with van der Waals surface area (Å²) in [6.45, 7) is 0.0383. The van der Waals surface area contributed by atoms with Gasteiger partial charge in [-0.05, 0) is 25.0 Å². The predicted molar refractivity (Wildman–Crippen MR) is 94.4 cm³/mol. The van der Waals surface area contributed by atoms with E-state index in [1.807, 2.05) is 16.8 Å². The van der Waals surface area contributed by atoms with Crippen LogP contribution in [-0.4, -0.2) is 25.5 Å². The van der Waals surface area contributed by atoms with Gasteiger partial charge in [-0.3, -0.25) is 14.3 Å².